The molecule has 0 unspecified atom stereocenters. The summed E-state index contributed by atoms with van der Waals surface area (Å²) in [7, 11) is 0. The van der Waals surface area contributed by atoms with Gasteiger partial charge in [0.05, 0.1) is 18.0 Å². The van der Waals surface area contributed by atoms with Crippen molar-refractivity contribution < 1.29 is 9.53 Å². The molecule has 1 fully saturated rings. The lowest BCUT2D eigenvalue weighted by Gasteiger charge is -2.38. The van der Waals surface area contributed by atoms with E-state index in [2.05, 4.69) is 24.0 Å². The van der Waals surface area contributed by atoms with Gasteiger partial charge in [0.15, 0.2) is 0 Å². The number of benzene rings is 1. The first kappa shape index (κ1) is 10.2. The molecule has 0 spiro atoms. The summed E-state index contributed by atoms with van der Waals surface area (Å²) in [6.07, 6.45) is 1.40. The molecule has 0 aliphatic carbocycles. The molecule has 16 heavy (non-hydrogen) atoms. The second-order valence-electron chi connectivity index (χ2n) is 4.44. The van der Waals surface area contributed by atoms with Crippen LogP contribution >= 0.6 is 12.6 Å². The molecule has 1 amide bonds. The van der Waals surface area contributed by atoms with E-state index < -0.39 is 0 Å². The van der Waals surface area contributed by atoms with Crippen molar-refractivity contribution in [2.75, 3.05) is 18.5 Å². The highest BCUT2D eigenvalue weighted by Gasteiger charge is 2.37. The molecule has 0 atom stereocenters. The van der Waals surface area contributed by atoms with E-state index in [0.717, 1.165) is 12.1 Å². The van der Waals surface area contributed by atoms with Crippen LogP contribution in [0.4, 0.5) is 5.69 Å². The molecule has 2 heterocycles. The quantitative estimate of drug-likeness (QED) is 0.727. The molecule has 4 heteroatoms. The molecule has 0 bridgehead atoms. The SMILES string of the molecule is O=C1CCc2cc(C3(S)COC3)ccc2N1. The van der Waals surface area contributed by atoms with Gasteiger partial charge in [-0.15, -0.1) is 0 Å². The first-order valence-electron chi connectivity index (χ1n) is 5.41. The maximum absolute atomic E-state index is 11.2. The van der Waals surface area contributed by atoms with Gasteiger partial charge in [-0.05, 0) is 23.6 Å². The lowest BCUT2D eigenvalue weighted by Crippen LogP contribution is -2.41. The van der Waals surface area contributed by atoms with Crippen LogP contribution in [0.2, 0.25) is 0 Å². The summed E-state index contributed by atoms with van der Waals surface area (Å²) in [6.45, 7) is 1.34. The molecular weight excluding hydrogens is 222 g/mol. The van der Waals surface area contributed by atoms with Gasteiger partial charge in [0.1, 0.15) is 0 Å². The van der Waals surface area contributed by atoms with Crippen LogP contribution in [0, 0.1) is 0 Å². The zero-order chi connectivity index (χ0) is 11.2. The smallest absolute Gasteiger partial charge is 0.224 e. The third-order valence-corrected chi connectivity index (χ3v) is 3.74. The highest BCUT2D eigenvalue weighted by atomic mass is 32.1. The number of anilines is 1. The second-order valence-corrected chi connectivity index (χ2v) is 5.30. The highest BCUT2D eigenvalue weighted by Crippen LogP contribution is 2.38. The van der Waals surface area contributed by atoms with E-state index >= 15 is 0 Å². The molecule has 1 aromatic carbocycles. The van der Waals surface area contributed by atoms with Crippen LogP contribution in [-0.2, 0) is 20.7 Å². The zero-order valence-electron chi connectivity index (χ0n) is 8.82. The van der Waals surface area contributed by atoms with Crippen LogP contribution in [0.1, 0.15) is 17.5 Å². The standard InChI is InChI=1S/C12H13NO2S/c14-11-4-1-8-5-9(2-3-10(8)13-11)12(16)6-15-7-12/h2-3,5,16H,1,4,6-7H2,(H,13,14). The lowest BCUT2D eigenvalue weighted by atomic mass is 9.92. The van der Waals surface area contributed by atoms with Crippen LogP contribution in [0.15, 0.2) is 18.2 Å². The normalized spacial score (nSPS) is 21.9. The maximum atomic E-state index is 11.2. The Morgan fingerprint density at radius 3 is 2.81 bits per heavy atom. The van der Waals surface area contributed by atoms with Gasteiger partial charge < -0.3 is 10.1 Å². The van der Waals surface area contributed by atoms with E-state index in [1.807, 2.05) is 12.1 Å². The van der Waals surface area contributed by atoms with Crippen LogP contribution < -0.4 is 5.32 Å². The first-order chi connectivity index (χ1) is 7.67. The Balaban J connectivity index is 1.96. The Labute approximate surface area is 99.6 Å². The summed E-state index contributed by atoms with van der Waals surface area (Å²) in [4.78, 5) is 11.2. The van der Waals surface area contributed by atoms with Crippen molar-refractivity contribution in [3.8, 4) is 0 Å². The van der Waals surface area contributed by atoms with E-state index in [0.29, 0.717) is 19.6 Å². The Hall–Kier alpha value is -1.00. The Kier molecular flexibility index (Phi) is 2.23. The third kappa shape index (κ3) is 1.53. The molecule has 1 saturated heterocycles. The fourth-order valence-electron chi connectivity index (χ4n) is 2.13. The molecule has 84 valence electrons. The van der Waals surface area contributed by atoms with Crippen molar-refractivity contribution in [3.05, 3.63) is 29.3 Å². The van der Waals surface area contributed by atoms with E-state index in [-0.39, 0.29) is 10.7 Å². The van der Waals surface area contributed by atoms with Crippen molar-refractivity contribution in [2.45, 2.75) is 17.6 Å². The number of hydrogen-bond donors (Lipinski definition) is 2. The molecule has 1 N–H and O–H groups in total. The summed E-state index contributed by atoms with van der Waals surface area (Å²) < 4.78 is 5.08. The number of thiol groups is 1. The van der Waals surface area contributed by atoms with E-state index in [1.54, 1.807) is 0 Å². The van der Waals surface area contributed by atoms with Gasteiger partial charge in [-0.2, -0.15) is 12.6 Å². The molecule has 0 aromatic heterocycles. The third-order valence-electron chi connectivity index (χ3n) is 3.22. The number of carbonyl (C=O) groups is 1. The van der Waals surface area contributed by atoms with Gasteiger partial charge in [-0.1, -0.05) is 12.1 Å². The van der Waals surface area contributed by atoms with Crippen molar-refractivity contribution in [3.63, 3.8) is 0 Å². The number of nitrogens with one attached hydrogen (secondary N) is 1. The number of amides is 1. The van der Waals surface area contributed by atoms with Crippen LogP contribution in [-0.4, -0.2) is 19.1 Å². The summed E-state index contributed by atoms with van der Waals surface area (Å²) >= 11 is 4.64. The Morgan fingerprint density at radius 1 is 1.31 bits per heavy atom. The van der Waals surface area contributed by atoms with Crippen molar-refractivity contribution in [1.29, 1.82) is 0 Å². The van der Waals surface area contributed by atoms with Crippen LogP contribution in [0.25, 0.3) is 0 Å². The Morgan fingerprint density at radius 2 is 2.12 bits per heavy atom. The predicted molar refractivity (Wildman–Crippen MR) is 64.9 cm³/mol. The monoisotopic (exact) mass is 235 g/mol. The van der Waals surface area contributed by atoms with Crippen LogP contribution in [0.3, 0.4) is 0 Å². The number of ether oxygens (including phenoxy) is 1. The van der Waals surface area contributed by atoms with Gasteiger partial charge in [0.25, 0.3) is 0 Å². The van der Waals surface area contributed by atoms with E-state index in [1.165, 1.54) is 11.1 Å². The average molecular weight is 235 g/mol. The second kappa shape index (κ2) is 3.50. The minimum atomic E-state index is -0.128. The van der Waals surface area contributed by atoms with E-state index in [4.69, 9.17) is 4.74 Å². The number of fused-ring (bicyclic) bond motifs is 1. The number of rotatable bonds is 1. The van der Waals surface area contributed by atoms with Crippen molar-refractivity contribution in [2.24, 2.45) is 0 Å². The summed E-state index contributed by atoms with van der Waals surface area (Å²) in [5.74, 6) is 0.104. The van der Waals surface area contributed by atoms with Crippen LogP contribution in [0.5, 0.6) is 0 Å². The molecule has 2 aliphatic heterocycles. The van der Waals surface area contributed by atoms with Gasteiger partial charge in [-0.3, -0.25) is 4.79 Å². The molecule has 0 saturated carbocycles. The minimum Gasteiger partial charge on any atom is -0.378 e. The van der Waals surface area contributed by atoms with Crippen molar-refractivity contribution >= 4 is 24.2 Å². The van der Waals surface area contributed by atoms with Crippen molar-refractivity contribution in [1.82, 2.24) is 0 Å². The number of carbonyl (C=O) groups excluding carboxylic acids is 1. The first-order valence-corrected chi connectivity index (χ1v) is 5.85. The maximum Gasteiger partial charge on any atom is 0.224 e. The molecule has 3 nitrogen and oxygen atoms in total. The topological polar surface area (TPSA) is 38.3 Å². The molecule has 2 aliphatic rings. The largest absolute Gasteiger partial charge is 0.378 e. The molecule has 0 radical (unpaired) electrons. The molecule has 3 rings (SSSR count). The van der Waals surface area contributed by atoms with Gasteiger partial charge >= 0.3 is 0 Å². The molecular formula is C12H13NO2S. The number of aryl methyl sites for hydroxylation is 1. The highest BCUT2D eigenvalue weighted by molar-refractivity contribution is 7.81. The lowest BCUT2D eigenvalue weighted by molar-refractivity contribution is -0.116. The minimum absolute atomic E-state index is 0.104. The van der Waals surface area contributed by atoms with Gasteiger partial charge in [0.2, 0.25) is 5.91 Å². The summed E-state index contributed by atoms with van der Waals surface area (Å²) in [5, 5.41) is 2.88. The average Bonchev–Trinajstić information content (AvgIpc) is 2.25. The fourth-order valence-corrected chi connectivity index (χ4v) is 2.46. The Bertz CT molecular complexity index is 454. The van der Waals surface area contributed by atoms with E-state index in [9.17, 15) is 4.79 Å². The fraction of sp³-hybridized carbons (Fsp3) is 0.417. The molecule has 1 aromatic rings. The number of hydrogen-bond acceptors (Lipinski definition) is 3. The summed E-state index contributed by atoms with van der Waals surface area (Å²) in [5.41, 5.74) is 3.34. The predicted octanol–water partition coefficient (Wildman–Crippen LogP) is 1.73. The summed E-state index contributed by atoms with van der Waals surface area (Å²) in [6, 6.07) is 6.14. The van der Waals surface area contributed by atoms with Gasteiger partial charge in [-0.25, -0.2) is 0 Å². The zero-order valence-corrected chi connectivity index (χ0v) is 9.72. The van der Waals surface area contributed by atoms with Gasteiger partial charge in [0, 0.05) is 12.1 Å².